The molecule has 2 rings (SSSR count). The second kappa shape index (κ2) is 8.01. The molecule has 1 atom stereocenters. The number of piperazine rings is 1. The number of aromatic hydroxyl groups is 1. The summed E-state index contributed by atoms with van der Waals surface area (Å²) in [6.07, 6.45) is 0. The molecule has 1 aliphatic heterocycles. The van der Waals surface area contributed by atoms with E-state index >= 15 is 0 Å². The highest BCUT2D eigenvalue weighted by Gasteiger charge is 2.24. The third-order valence-corrected chi connectivity index (χ3v) is 4.29. The van der Waals surface area contributed by atoms with Crippen LogP contribution < -0.4 is 16.0 Å². The summed E-state index contributed by atoms with van der Waals surface area (Å²) in [5.74, 6) is -0.142. The first-order valence-corrected chi connectivity index (χ1v) is 8.24. The molecule has 0 aromatic heterocycles. The first-order valence-electron chi connectivity index (χ1n) is 8.24. The van der Waals surface area contributed by atoms with E-state index in [1.165, 1.54) is 0 Å². The summed E-state index contributed by atoms with van der Waals surface area (Å²) in [5.41, 5.74) is 6.53. The smallest absolute Gasteiger partial charge is 0.242 e. The van der Waals surface area contributed by atoms with E-state index in [1.807, 2.05) is 30.9 Å². The number of carbonyl (C=O) groups is 2. The Morgan fingerprint density at radius 3 is 2.42 bits per heavy atom. The highest BCUT2D eigenvalue weighted by atomic mass is 16.3. The Morgan fingerprint density at radius 1 is 1.21 bits per heavy atom. The number of nitrogens with zero attached hydrogens (tertiary/aromatic N) is 2. The van der Waals surface area contributed by atoms with E-state index in [9.17, 15) is 14.7 Å². The maximum absolute atomic E-state index is 12.2. The van der Waals surface area contributed by atoms with E-state index in [4.69, 9.17) is 5.73 Å². The number of benzene rings is 1. The summed E-state index contributed by atoms with van der Waals surface area (Å²) in [7, 11) is 0. The van der Waals surface area contributed by atoms with Crippen molar-refractivity contribution < 1.29 is 14.7 Å². The number of rotatable bonds is 5. The molecule has 2 amide bonds. The molecule has 24 heavy (non-hydrogen) atoms. The molecule has 1 fully saturated rings. The maximum atomic E-state index is 12.2. The number of carbonyl (C=O) groups excluding carboxylic acids is 2. The lowest BCUT2D eigenvalue weighted by Crippen LogP contribution is -2.52. The fourth-order valence-corrected chi connectivity index (χ4v) is 2.62. The van der Waals surface area contributed by atoms with Crippen molar-refractivity contribution in [3.05, 3.63) is 24.3 Å². The number of nitrogens with two attached hydrogens (primary N) is 1. The summed E-state index contributed by atoms with van der Waals surface area (Å²) in [6.45, 7) is 6.09. The van der Waals surface area contributed by atoms with Gasteiger partial charge >= 0.3 is 0 Å². The summed E-state index contributed by atoms with van der Waals surface area (Å²) < 4.78 is 0. The number of amides is 2. The summed E-state index contributed by atoms with van der Waals surface area (Å²) in [6, 6.07) is 6.57. The molecular formula is C17H26N4O3. The number of hydrogen-bond acceptors (Lipinski definition) is 5. The van der Waals surface area contributed by atoms with Crippen LogP contribution in [0.1, 0.15) is 13.8 Å². The average Bonchev–Trinajstić information content (AvgIpc) is 2.59. The maximum Gasteiger partial charge on any atom is 0.242 e. The van der Waals surface area contributed by atoms with E-state index in [-0.39, 0.29) is 30.0 Å². The number of para-hydroxylation sites is 2. The summed E-state index contributed by atoms with van der Waals surface area (Å²) in [5, 5.41) is 12.5. The topological polar surface area (TPSA) is 98.9 Å². The fraction of sp³-hybridized carbons (Fsp3) is 0.529. The highest BCUT2D eigenvalue weighted by molar-refractivity contribution is 5.87. The molecule has 7 nitrogen and oxygen atoms in total. The first-order chi connectivity index (χ1) is 11.4. The van der Waals surface area contributed by atoms with Gasteiger partial charge in [-0.15, -0.1) is 0 Å². The van der Waals surface area contributed by atoms with Crippen LogP contribution in [-0.4, -0.2) is 60.6 Å². The molecule has 1 saturated heterocycles. The summed E-state index contributed by atoms with van der Waals surface area (Å²) >= 11 is 0. The predicted molar refractivity (Wildman–Crippen MR) is 92.7 cm³/mol. The van der Waals surface area contributed by atoms with Gasteiger partial charge in [-0.2, -0.15) is 0 Å². The van der Waals surface area contributed by atoms with Crippen molar-refractivity contribution in [3.63, 3.8) is 0 Å². The third-order valence-electron chi connectivity index (χ3n) is 4.29. The standard InChI is InChI=1S/C17H26N4O3/c1-12(2)16(18)17(24)19-11-15(23)21-9-7-20(8-10-21)13-5-3-4-6-14(13)22/h3-6,12,16,22H,7-11,18H2,1-2H3,(H,19,24)/t16-/m0/s1. The SMILES string of the molecule is CC(C)[C@H](N)C(=O)NCC(=O)N1CCN(c2ccccc2O)CC1. The molecule has 0 aliphatic carbocycles. The molecule has 4 N–H and O–H groups in total. The van der Waals surface area contributed by atoms with Crippen LogP contribution in [0.3, 0.4) is 0 Å². The van der Waals surface area contributed by atoms with Crippen LogP contribution in [0.2, 0.25) is 0 Å². The zero-order valence-electron chi connectivity index (χ0n) is 14.2. The quantitative estimate of drug-likeness (QED) is 0.711. The van der Waals surface area contributed by atoms with Crippen LogP contribution in [-0.2, 0) is 9.59 Å². The highest BCUT2D eigenvalue weighted by Crippen LogP contribution is 2.27. The van der Waals surface area contributed by atoms with Gasteiger partial charge in [0.05, 0.1) is 18.3 Å². The van der Waals surface area contributed by atoms with E-state index in [2.05, 4.69) is 5.32 Å². The van der Waals surface area contributed by atoms with Gasteiger partial charge in [0.2, 0.25) is 11.8 Å². The van der Waals surface area contributed by atoms with E-state index < -0.39 is 6.04 Å². The van der Waals surface area contributed by atoms with Gasteiger partial charge in [-0.1, -0.05) is 26.0 Å². The minimum atomic E-state index is -0.601. The van der Waals surface area contributed by atoms with Gasteiger partial charge in [-0.25, -0.2) is 0 Å². The van der Waals surface area contributed by atoms with Crippen molar-refractivity contribution in [1.82, 2.24) is 10.2 Å². The zero-order valence-corrected chi connectivity index (χ0v) is 14.2. The fourth-order valence-electron chi connectivity index (χ4n) is 2.62. The van der Waals surface area contributed by atoms with Crippen molar-refractivity contribution in [2.75, 3.05) is 37.6 Å². The molecule has 7 heteroatoms. The lowest BCUT2D eigenvalue weighted by Gasteiger charge is -2.36. The molecule has 1 aromatic carbocycles. The molecule has 1 heterocycles. The second-order valence-electron chi connectivity index (χ2n) is 6.34. The van der Waals surface area contributed by atoms with Crippen LogP contribution in [0.4, 0.5) is 5.69 Å². The molecule has 0 radical (unpaired) electrons. The van der Waals surface area contributed by atoms with E-state index in [0.29, 0.717) is 26.2 Å². The molecule has 1 aromatic rings. The van der Waals surface area contributed by atoms with Gasteiger partial charge in [-0.3, -0.25) is 9.59 Å². The second-order valence-corrected chi connectivity index (χ2v) is 6.34. The zero-order chi connectivity index (χ0) is 17.7. The normalized spacial score (nSPS) is 16.2. The van der Waals surface area contributed by atoms with E-state index in [1.54, 1.807) is 17.0 Å². The van der Waals surface area contributed by atoms with Crippen LogP contribution in [0, 0.1) is 5.92 Å². The van der Waals surface area contributed by atoms with Crippen LogP contribution >= 0.6 is 0 Å². The molecule has 0 spiro atoms. The van der Waals surface area contributed by atoms with Gasteiger partial charge in [-0.05, 0) is 18.1 Å². The minimum absolute atomic E-state index is 0.0298. The number of hydrogen-bond donors (Lipinski definition) is 3. The molecule has 0 bridgehead atoms. The molecule has 1 aliphatic rings. The molecule has 0 unspecified atom stereocenters. The van der Waals surface area contributed by atoms with Crippen molar-refractivity contribution in [2.24, 2.45) is 11.7 Å². The van der Waals surface area contributed by atoms with Crippen LogP contribution in [0.15, 0.2) is 24.3 Å². The van der Waals surface area contributed by atoms with Crippen molar-refractivity contribution in [1.29, 1.82) is 0 Å². The van der Waals surface area contributed by atoms with Gasteiger partial charge in [0, 0.05) is 26.2 Å². The van der Waals surface area contributed by atoms with Crippen LogP contribution in [0.25, 0.3) is 0 Å². The Balaban J connectivity index is 1.81. The molecule has 132 valence electrons. The molecule has 0 saturated carbocycles. The largest absolute Gasteiger partial charge is 0.506 e. The first kappa shape index (κ1) is 18.1. The Morgan fingerprint density at radius 2 is 1.83 bits per heavy atom. The van der Waals surface area contributed by atoms with Crippen LogP contribution in [0.5, 0.6) is 5.75 Å². The summed E-state index contributed by atoms with van der Waals surface area (Å²) in [4.78, 5) is 27.8. The lowest BCUT2D eigenvalue weighted by atomic mass is 10.1. The Bertz CT molecular complexity index is 583. The van der Waals surface area contributed by atoms with Gasteiger partial charge in [0.1, 0.15) is 5.75 Å². The van der Waals surface area contributed by atoms with Crippen molar-refractivity contribution in [3.8, 4) is 5.75 Å². The number of nitrogens with one attached hydrogen (secondary N) is 1. The van der Waals surface area contributed by atoms with Crippen molar-refractivity contribution in [2.45, 2.75) is 19.9 Å². The van der Waals surface area contributed by atoms with Crippen molar-refractivity contribution >= 4 is 17.5 Å². The number of phenolic OH excluding ortho intramolecular Hbond substituents is 1. The predicted octanol–water partition coefficient (Wildman–Crippen LogP) is 0.140. The minimum Gasteiger partial charge on any atom is -0.506 e. The Labute approximate surface area is 142 Å². The molecular weight excluding hydrogens is 308 g/mol. The van der Waals surface area contributed by atoms with Gasteiger partial charge < -0.3 is 26.0 Å². The van der Waals surface area contributed by atoms with E-state index in [0.717, 1.165) is 5.69 Å². The Kier molecular flexibility index (Phi) is 6.03. The number of anilines is 1. The number of phenols is 1. The average molecular weight is 334 g/mol. The Hall–Kier alpha value is -2.28. The van der Waals surface area contributed by atoms with Gasteiger partial charge in [0.25, 0.3) is 0 Å². The monoisotopic (exact) mass is 334 g/mol. The third kappa shape index (κ3) is 4.38. The lowest BCUT2D eigenvalue weighted by molar-refractivity contribution is -0.133. The van der Waals surface area contributed by atoms with Gasteiger partial charge in [0.15, 0.2) is 0 Å².